The maximum atomic E-state index is 13.4. The number of aliphatic imine (C=N–C) groups is 1. The molecule has 4 rings (SSSR count). The third kappa shape index (κ3) is 4.60. The maximum Gasteiger partial charge on any atom is 0.267 e. The zero-order chi connectivity index (χ0) is 20.8. The largest absolute Gasteiger partial charge is 0.480 e. The number of amidine groups is 1. The number of amides is 1. The summed E-state index contributed by atoms with van der Waals surface area (Å²) in [5, 5.41) is 0.756. The first-order valence-corrected chi connectivity index (χ1v) is 11.1. The molecule has 0 unspecified atom stereocenters. The molecule has 0 N–H and O–H groups in total. The molecule has 2 aromatic rings. The quantitative estimate of drug-likeness (QED) is 0.468. The van der Waals surface area contributed by atoms with Gasteiger partial charge in [0.15, 0.2) is 5.17 Å². The fraction of sp³-hybridized carbons (Fsp3) is 0.280. The Labute approximate surface area is 182 Å². The summed E-state index contributed by atoms with van der Waals surface area (Å²) in [5.74, 6) is 3.18. The Morgan fingerprint density at radius 1 is 1.10 bits per heavy atom. The second-order valence-electron chi connectivity index (χ2n) is 7.34. The molecule has 0 radical (unpaired) electrons. The number of nitrogens with zero attached hydrogens (tertiary/aromatic N) is 2. The van der Waals surface area contributed by atoms with Gasteiger partial charge in [0.1, 0.15) is 12.4 Å². The normalized spacial score (nSPS) is 20.0. The van der Waals surface area contributed by atoms with Crippen LogP contribution in [0.1, 0.15) is 37.7 Å². The second kappa shape index (κ2) is 9.69. The smallest absolute Gasteiger partial charge is 0.267 e. The zero-order valence-corrected chi connectivity index (χ0v) is 17.6. The second-order valence-corrected chi connectivity index (χ2v) is 8.35. The van der Waals surface area contributed by atoms with Gasteiger partial charge in [0.2, 0.25) is 0 Å². The lowest BCUT2D eigenvalue weighted by Gasteiger charge is -2.30. The first kappa shape index (κ1) is 20.3. The van der Waals surface area contributed by atoms with Gasteiger partial charge < -0.3 is 4.74 Å². The van der Waals surface area contributed by atoms with Crippen LogP contribution in [0.4, 0.5) is 5.69 Å². The van der Waals surface area contributed by atoms with E-state index in [-0.39, 0.29) is 18.6 Å². The van der Waals surface area contributed by atoms with Crippen molar-refractivity contribution in [2.45, 2.75) is 38.1 Å². The van der Waals surface area contributed by atoms with Crippen LogP contribution in [-0.4, -0.2) is 28.6 Å². The van der Waals surface area contributed by atoms with E-state index in [0.29, 0.717) is 10.7 Å². The standard InChI is InChI=1S/C25H24N2O2S/c1-2-17-29-22-16-10-9-11-19(22)18-23-24(28)27(21-14-7-4-8-15-21)25(30-23)26-20-12-5-3-6-13-20/h1,3,5-6,9-13,16,18,21H,4,7-8,14-15,17H2/b23-18-,26-25?. The molecule has 2 aromatic carbocycles. The van der Waals surface area contributed by atoms with E-state index in [1.807, 2.05) is 65.6 Å². The van der Waals surface area contributed by atoms with Crippen LogP contribution in [-0.2, 0) is 4.79 Å². The molecule has 0 bridgehead atoms. The molecule has 30 heavy (non-hydrogen) atoms. The van der Waals surface area contributed by atoms with Gasteiger partial charge in [-0.05, 0) is 48.9 Å². The molecule has 1 aliphatic heterocycles. The minimum Gasteiger partial charge on any atom is -0.480 e. The van der Waals surface area contributed by atoms with E-state index in [2.05, 4.69) is 5.92 Å². The van der Waals surface area contributed by atoms with Crippen molar-refractivity contribution in [1.29, 1.82) is 0 Å². The number of benzene rings is 2. The van der Waals surface area contributed by atoms with Crippen LogP contribution in [0.5, 0.6) is 5.75 Å². The van der Waals surface area contributed by atoms with E-state index in [9.17, 15) is 4.79 Å². The monoisotopic (exact) mass is 416 g/mol. The number of hydrogen-bond donors (Lipinski definition) is 0. The number of carbonyl (C=O) groups is 1. The van der Waals surface area contributed by atoms with Crippen molar-refractivity contribution in [3.05, 3.63) is 65.1 Å². The van der Waals surface area contributed by atoms with Crippen LogP contribution in [0.25, 0.3) is 6.08 Å². The number of para-hydroxylation sites is 2. The van der Waals surface area contributed by atoms with Crippen molar-refractivity contribution in [1.82, 2.24) is 4.90 Å². The van der Waals surface area contributed by atoms with Gasteiger partial charge in [-0.3, -0.25) is 9.69 Å². The lowest BCUT2D eigenvalue weighted by atomic mass is 9.94. The Hall–Kier alpha value is -2.97. The van der Waals surface area contributed by atoms with Gasteiger partial charge in [-0.2, -0.15) is 0 Å². The number of rotatable bonds is 5. The first-order valence-electron chi connectivity index (χ1n) is 10.3. The van der Waals surface area contributed by atoms with Crippen LogP contribution in [0, 0.1) is 12.3 Å². The van der Waals surface area contributed by atoms with Crippen molar-refractivity contribution in [3.63, 3.8) is 0 Å². The lowest BCUT2D eigenvalue weighted by molar-refractivity contribution is -0.124. The summed E-state index contributed by atoms with van der Waals surface area (Å²) in [6, 6.07) is 17.6. The molecule has 0 atom stereocenters. The number of terminal acetylenes is 1. The zero-order valence-electron chi connectivity index (χ0n) is 16.8. The van der Waals surface area contributed by atoms with Crippen molar-refractivity contribution in [3.8, 4) is 18.1 Å². The minimum absolute atomic E-state index is 0.0216. The van der Waals surface area contributed by atoms with E-state index >= 15 is 0 Å². The van der Waals surface area contributed by atoms with E-state index < -0.39 is 0 Å². The topological polar surface area (TPSA) is 41.9 Å². The van der Waals surface area contributed by atoms with Gasteiger partial charge in [0.25, 0.3) is 5.91 Å². The average molecular weight is 417 g/mol. The third-order valence-electron chi connectivity index (χ3n) is 5.27. The summed E-state index contributed by atoms with van der Waals surface area (Å²) in [6.45, 7) is 0.191. The summed E-state index contributed by atoms with van der Waals surface area (Å²) in [4.78, 5) is 20.8. The predicted octanol–water partition coefficient (Wildman–Crippen LogP) is 5.64. The van der Waals surface area contributed by atoms with E-state index in [0.717, 1.165) is 42.1 Å². The van der Waals surface area contributed by atoms with Crippen LogP contribution in [0.2, 0.25) is 0 Å². The summed E-state index contributed by atoms with van der Waals surface area (Å²) in [5.41, 5.74) is 1.70. The molecule has 0 aromatic heterocycles. The highest BCUT2D eigenvalue weighted by molar-refractivity contribution is 8.18. The molecule has 0 spiro atoms. The molecule has 1 saturated carbocycles. The Morgan fingerprint density at radius 3 is 2.60 bits per heavy atom. The molecule has 1 aliphatic carbocycles. The lowest BCUT2D eigenvalue weighted by Crippen LogP contribution is -2.40. The molecule has 4 nitrogen and oxygen atoms in total. The summed E-state index contributed by atoms with van der Waals surface area (Å²) in [7, 11) is 0. The van der Waals surface area contributed by atoms with Gasteiger partial charge in [0, 0.05) is 11.6 Å². The maximum absolute atomic E-state index is 13.4. The molecule has 1 heterocycles. The highest BCUT2D eigenvalue weighted by Gasteiger charge is 2.38. The van der Waals surface area contributed by atoms with Gasteiger partial charge in [0.05, 0.1) is 10.6 Å². The fourth-order valence-corrected chi connectivity index (χ4v) is 4.88. The SMILES string of the molecule is C#CCOc1ccccc1/C=C1\SC(=Nc2ccccc2)N(C2CCCCC2)C1=O. The van der Waals surface area contributed by atoms with Crippen LogP contribution in [0.15, 0.2) is 64.5 Å². The number of ether oxygens (including phenoxy) is 1. The summed E-state index contributed by atoms with van der Waals surface area (Å²) >= 11 is 1.43. The van der Waals surface area contributed by atoms with Crippen LogP contribution >= 0.6 is 11.8 Å². The Kier molecular flexibility index (Phi) is 6.56. The van der Waals surface area contributed by atoms with Crippen LogP contribution in [0.3, 0.4) is 0 Å². The molecule has 2 fully saturated rings. The highest BCUT2D eigenvalue weighted by Crippen LogP contribution is 2.39. The van der Waals surface area contributed by atoms with Gasteiger partial charge in [-0.25, -0.2) is 4.99 Å². The first-order chi connectivity index (χ1) is 14.8. The fourth-order valence-electron chi connectivity index (χ4n) is 3.83. The number of thioether (sulfide) groups is 1. The summed E-state index contributed by atoms with van der Waals surface area (Å²) < 4.78 is 5.65. The van der Waals surface area contributed by atoms with E-state index in [4.69, 9.17) is 16.2 Å². The molecule has 5 heteroatoms. The predicted molar refractivity (Wildman–Crippen MR) is 124 cm³/mol. The van der Waals surface area contributed by atoms with Gasteiger partial charge in [-0.1, -0.05) is 61.6 Å². The summed E-state index contributed by atoms with van der Waals surface area (Å²) in [6.07, 6.45) is 12.8. The van der Waals surface area contributed by atoms with E-state index in [1.165, 1.54) is 18.2 Å². The molecular weight excluding hydrogens is 392 g/mol. The van der Waals surface area contributed by atoms with Crippen LogP contribution < -0.4 is 4.74 Å². The van der Waals surface area contributed by atoms with Gasteiger partial charge in [-0.15, -0.1) is 6.42 Å². The third-order valence-corrected chi connectivity index (χ3v) is 6.26. The van der Waals surface area contributed by atoms with Crippen molar-refractivity contribution < 1.29 is 9.53 Å². The average Bonchev–Trinajstić information content (AvgIpc) is 3.09. The molecular formula is C25H24N2O2S. The molecule has 152 valence electrons. The van der Waals surface area contributed by atoms with Gasteiger partial charge >= 0.3 is 0 Å². The highest BCUT2D eigenvalue weighted by atomic mass is 32.2. The van der Waals surface area contributed by atoms with Crippen molar-refractivity contribution in [2.75, 3.05) is 6.61 Å². The Morgan fingerprint density at radius 2 is 1.83 bits per heavy atom. The number of carbonyl (C=O) groups excluding carboxylic acids is 1. The number of hydrogen-bond acceptors (Lipinski definition) is 4. The molecule has 1 saturated heterocycles. The van der Waals surface area contributed by atoms with E-state index in [1.54, 1.807) is 0 Å². The molecule has 2 aliphatic rings. The Balaban J connectivity index is 1.69. The van der Waals surface area contributed by atoms with Crippen molar-refractivity contribution in [2.24, 2.45) is 4.99 Å². The molecule has 1 amide bonds. The Bertz CT molecular complexity index is 1000. The van der Waals surface area contributed by atoms with Crippen molar-refractivity contribution >= 4 is 34.6 Å². The minimum atomic E-state index is 0.0216.